The third-order valence-corrected chi connectivity index (χ3v) is 2.96. The van der Waals surface area contributed by atoms with Crippen molar-refractivity contribution in [3.8, 4) is 6.07 Å². The molecule has 0 fully saturated rings. The molecule has 0 heterocycles. The highest BCUT2D eigenvalue weighted by atomic mass is 32.2. The van der Waals surface area contributed by atoms with Crippen LogP contribution in [-0.4, -0.2) is 11.3 Å². The molecule has 0 aromatic heterocycles. The fourth-order valence-corrected chi connectivity index (χ4v) is 1.66. The van der Waals surface area contributed by atoms with Crippen molar-refractivity contribution in [2.45, 2.75) is 17.4 Å². The summed E-state index contributed by atoms with van der Waals surface area (Å²) in [5, 5.41) is 8.67. The van der Waals surface area contributed by atoms with Gasteiger partial charge in [0.15, 0.2) is 0 Å². The molecule has 0 bridgehead atoms. The Hall–Kier alpha value is -1.05. The van der Waals surface area contributed by atoms with Crippen LogP contribution in [0, 0.1) is 17.1 Å². The summed E-state index contributed by atoms with van der Waals surface area (Å²) >= 11 is 1.45. The van der Waals surface area contributed by atoms with Crippen molar-refractivity contribution >= 4 is 11.8 Å². The molecule has 0 saturated heterocycles. The highest BCUT2D eigenvalue weighted by Crippen LogP contribution is 2.21. The lowest BCUT2D eigenvalue weighted by molar-refractivity contribution is 0.626. The van der Waals surface area contributed by atoms with E-state index in [0.29, 0.717) is 5.75 Å². The largest absolute Gasteiger partial charge is 0.313 e. The summed E-state index contributed by atoms with van der Waals surface area (Å²) in [6.45, 7) is 1.67. The Morgan fingerprint density at radius 3 is 2.57 bits per heavy atom. The Labute approximate surface area is 86.9 Å². The van der Waals surface area contributed by atoms with E-state index in [4.69, 9.17) is 11.0 Å². The van der Waals surface area contributed by atoms with Crippen LogP contribution in [-0.2, 0) is 0 Å². The van der Waals surface area contributed by atoms with E-state index in [0.717, 1.165) is 4.90 Å². The zero-order valence-electron chi connectivity index (χ0n) is 7.83. The number of hydrogen-bond acceptors (Lipinski definition) is 3. The van der Waals surface area contributed by atoms with Crippen molar-refractivity contribution in [1.29, 1.82) is 5.26 Å². The van der Waals surface area contributed by atoms with Crippen molar-refractivity contribution in [2.75, 3.05) is 5.75 Å². The first-order valence-corrected chi connectivity index (χ1v) is 5.10. The lowest BCUT2D eigenvalue weighted by atomic mass is 10.1. The van der Waals surface area contributed by atoms with Crippen LogP contribution in [0.25, 0.3) is 0 Å². The first-order valence-electron chi connectivity index (χ1n) is 4.12. The molecule has 0 amide bonds. The van der Waals surface area contributed by atoms with Gasteiger partial charge in [-0.15, -0.1) is 11.8 Å². The summed E-state index contributed by atoms with van der Waals surface area (Å²) in [5.74, 6) is 0.236. The minimum absolute atomic E-state index is 0.259. The summed E-state index contributed by atoms with van der Waals surface area (Å²) in [6.07, 6.45) is 0. The second-order valence-corrected chi connectivity index (χ2v) is 4.32. The van der Waals surface area contributed by atoms with Gasteiger partial charge in [0, 0.05) is 10.6 Å². The predicted octanol–water partition coefficient (Wildman–Crippen LogP) is 2.16. The molecular formula is C10H11FN2S. The lowest BCUT2D eigenvalue weighted by Crippen LogP contribution is -2.36. The van der Waals surface area contributed by atoms with E-state index in [9.17, 15) is 4.39 Å². The van der Waals surface area contributed by atoms with Crippen molar-refractivity contribution in [1.82, 2.24) is 0 Å². The molecule has 14 heavy (non-hydrogen) atoms. The molecule has 2 N–H and O–H groups in total. The maximum atomic E-state index is 12.5. The predicted molar refractivity (Wildman–Crippen MR) is 55.3 cm³/mol. The number of nitriles is 1. The number of hydrogen-bond donors (Lipinski definition) is 1. The third-order valence-electron chi connectivity index (χ3n) is 1.61. The van der Waals surface area contributed by atoms with Gasteiger partial charge in [-0.25, -0.2) is 4.39 Å². The van der Waals surface area contributed by atoms with E-state index in [-0.39, 0.29) is 5.82 Å². The van der Waals surface area contributed by atoms with Gasteiger partial charge in [0.2, 0.25) is 0 Å². The fourth-order valence-electron chi connectivity index (χ4n) is 0.796. The second kappa shape index (κ2) is 4.45. The topological polar surface area (TPSA) is 49.8 Å². The molecule has 0 saturated carbocycles. The normalized spacial score (nSPS) is 14.4. The van der Waals surface area contributed by atoms with Gasteiger partial charge >= 0.3 is 0 Å². The molecule has 1 unspecified atom stereocenters. The van der Waals surface area contributed by atoms with Crippen LogP contribution >= 0.6 is 11.8 Å². The van der Waals surface area contributed by atoms with Crippen LogP contribution in [0.3, 0.4) is 0 Å². The van der Waals surface area contributed by atoms with Gasteiger partial charge < -0.3 is 5.73 Å². The number of nitrogens with two attached hydrogens (primary N) is 1. The van der Waals surface area contributed by atoms with E-state index in [2.05, 4.69) is 0 Å². The zero-order valence-corrected chi connectivity index (χ0v) is 8.64. The van der Waals surface area contributed by atoms with E-state index in [1.807, 2.05) is 6.07 Å². The Bertz CT molecular complexity index is 340. The Kier molecular flexibility index (Phi) is 3.50. The minimum Gasteiger partial charge on any atom is -0.313 e. The van der Waals surface area contributed by atoms with Gasteiger partial charge in [-0.1, -0.05) is 0 Å². The van der Waals surface area contributed by atoms with E-state index in [1.54, 1.807) is 19.1 Å². The number of thioether (sulfide) groups is 1. The van der Waals surface area contributed by atoms with Gasteiger partial charge in [0.05, 0.1) is 6.07 Å². The molecule has 2 nitrogen and oxygen atoms in total. The lowest BCUT2D eigenvalue weighted by Gasteiger charge is -2.13. The first-order chi connectivity index (χ1) is 6.53. The highest BCUT2D eigenvalue weighted by molar-refractivity contribution is 7.99. The number of nitrogens with zero attached hydrogens (tertiary/aromatic N) is 1. The van der Waals surface area contributed by atoms with Crippen LogP contribution in [0.5, 0.6) is 0 Å². The maximum Gasteiger partial charge on any atom is 0.123 e. The van der Waals surface area contributed by atoms with Gasteiger partial charge in [-0.2, -0.15) is 5.26 Å². The molecule has 74 valence electrons. The van der Waals surface area contributed by atoms with Gasteiger partial charge in [0.1, 0.15) is 11.4 Å². The summed E-state index contributed by atoms with van der Waals surface area (Å²) in [7, 11) is 0. The van der Waals surface area contributed by atoms with Crippen LogP contribution in [0.15, 0.2) is 29.2 Å². The maximum absolute atomic E-state index is 12.5. The standard InChI is InChI=1S/C10H11FN2S/c1-10(13,6-12)7-14-9-4-2-8(11)3-5-9/h2-5H,7,13H2,1H3. The van der Waals surface area contributed by atoms with Crippen molar-refractivity contribution in [2.24, 2.45) is 5.73 Å². The number of halogens is 1. The fraction of sp³-hybridized carbons (Fsp3) is 0.300. The molecule has 4 heteroatoms. The van der Waals surface area contributed by atoms with E-state index < -0.39 is 5.54 Å². The molecule has 1 aromatic rings. The van der Waals surface area contributed by atoms with Crippen molar-refractivity contribution < 1.29 is 4.39 Å². The average molecular weight is 210 g/mol. The molecule has 0 spiro atoms. The van der Waals surface area contributed by atoms with E-state index >= 15 is 0 Å². The average Bonchev–Trinajstić information content (AvgIpc) is 2.17. The van der Waals surface area contributed by atoms with Crippen molar-refractivity contribution in [3.05, 3.63) is 30.1 Å². The smallest absolute Gasteiger partial charge is 0.123 e. The van der Waals surface area contributed by atoms with Gasteiger partial charge in [0.25, 0.3) is 0 Å². The molecule has 1 aromatic carbocycles. The van der Waals surface area contributed by atoms with Crippen molar-refractivity contribution in [3.63, 3.8) is 0 Å². The van der Waals surface area contributed by atoms with Crippen LogP contribution in [0.2, 0.25) is 0 Å². The Morgan fingerprint density at radius 2 is 2.07 bits per heavy atom. The molecule has 0 aliphatic heterocycles. The highest BCUT2D eigenvalue weighted by Gasteiger charge is 2.17. The Morgan fingerprint density at radius 1 is 1.50 bits per heavy atom. The quantitative estimate of drug-likeness (QED) is 0.778. The molecule has 0 radical (unpaired) electrons. The molecule has 1 rings (SSSR count). The Balaban J connectivity index is 2.55. The van der Waals surface area contributed by atoms with Gasteiger partial charge in [-0.05, 0) is 31.2 Å². The van der Waals surface area contributed by atoms with Gasteiger partial charge in [-0.3, -0.25) is 0 Å². The summed E-state index contributed by atoms with van der Waals surface area (Å²) in [4.78, 5) is 0.915. The monoisotopic (exact) mass is 210 g/mol. The zero-order chi connectivity index (χ0) is 10.6. The van der Waals surface area contributed by atoms with Crippen LogP contribution in [0.4, 0.5) is 4.39 Å². The number of benzene rings is 1. The SMILES string of the molecule is CC(N)(C#N)CSc1ccc(F)cc1. The second-order valence-electron chi connectivity index (χ2n) is 3.27. The molecule has 0 aliphatic carbocycles. The molecule has 0 aliphatic rings. The van der Waals surface area contributed by atoms with Crippen LogP contribution in [0.1, 0.15) is 6.92 Å². The molecule has 1 atom stereocenters. The summed E-state index contributed by atoms with van der Waals surface area (Å²) in [6, 6.07) is 8.14. The number of rotatable bonds is 3. The molecular weight excluding hydrogens is 199 g/mol. The van der Waals surface area contributed by atoms with E-state index in [1.165, 1.54) is 23.9 Å². The van der Waals surface area contributed by atoms with Crippen LogP contribution < -0.4 is 5.73 Å². The summed E-state index contributed by atoms with van der Waals surface area (Å²) < 4.78 is 12.5. The third kappa shape index (κ3) is 3.36. The first kappa shape index (κ1) is 11.0. The minimum atomic E-state index is -0.834. The summed E-state index contributed by atoms with van der Waals surface area (Å²) in [5.41, 5.74) is 4.80.